The van der Waals surface area contributed by atoms with Crippen molar-refractivity contribution >= 4 is 21.4 Å². The van der Waals surface area contributed by atoms with Crippen LogP contribution in [0.25, 0.3) is 0 Å². The first-order chi connectivity index (χ1) is 9.86. The van der Waals surface area contributed by atoms with Crippen LogP contribution in [0, 0.1) is 6.92 Å². The van der Waals surface area contributed by atoms with Gasteiger partial charge in [0.25, 0.3) is 10.0 Å². The second-order valence-corrected chi connectivity index (χ2v) is 6.55. The fourth-order valence-corrected chi connectivity index (χ4v) is 3.88. The smallest absolute Gasteiger partial charge is 0.264 e. The molecule has 2 rings (SSSR count). The van der Waals surface area contributed by atoms with Gasteiger partial charge in [0, 0.05) is 18.3 Å². The Morgan fingerprint density at radius 1 is 1.19 bits per heavy atom. The third-order valence-electron chi connectivity index (χ3n) is 3.19. The van der Waals surface area contributed by atoms with E-state index in [1.807, 2.05) is 0 Å². The molecule has 0 heterocycles. The van der Waals surface area contributed by atoms with Crippen LogP contribution >= 0.6 is 0 Å². The predicted molar refractivity (Wildman–Crippen MR) is 83.9 cm³/mol. The third kappa shape index (κ3) is 2.95. The summed E-state index contributed by atoms with van der Waals surface area (Å²) in [6.45, 7) is 3.71. The van der Waals surface area contributed by atoms with Gasteiger partial charge >= 0.3 is 0 Å². The van der Waals surface area contributed by atoms with Gasteiger partial charge in [-0.25, -0.2) is 8.42 Å². The highest BCUT2D eigenvalue weighted by Crippen LogP contribution is 2.28. The van der Waals surface area contributed by atoms with Gasteiger partial charge in [0.05, 0.1) is 10.6 Å². The molecule has 112 valence electrons. The normalized spacial score (nSPS) is 11.3. The molecule has 0 unspecified atom stereocenters. The first-order valence-electron chi connectivity index (χ1n) is 6.54. The number of hydrogen-bond acceptors (Lipinski definition) is 4. The zero-order valence-electron chi connectivity index (χ0n) is 11.9. The number of anilines is 2. The quantitative estimate of drug-likeness (QED) is 0.850. The minimum absolute atomic E-state index is 0.0189. The number of nitrogens with two attached hydrogens (primary N) is 1. The van der Waals surface area contributed by atoms with Gasteiger partial charge in [-0.15, -0.1) is 0 Å². The van der Waals surface area contributed by atoms with Gasteiger partial charge in [0.15, 0.2) is 0 Å². The molecular formula is C15H18N2O3S. The lowest BCUT2D eigenvalue weighted by atomic mass is 10.2. The average Bonchev–Trinajstić information content (AvgIpc) is 2.42. The van der Waals surface area contributed by atoms with Crippen molar-refractivity contribution in [3.05, 3.63) is 48.0 Å². The number of aryl methyl sites for hydroxylation is 1. The largest absolute Gasteiger partial charge is 0.508 e. The molecule has 0 radical (unpaired) electrons. The summed E-state index contributed by atoms with van der Waals surface area (Å²) in [4.78, 5) is 0.174. The molecule has 0 amide bonds. The predicted octanol–water partition coefficient (Wildman–Crippen LogP) is 2.50. The fraction of sp³-hybridized carbons (Fsp3) is 0.200. The van der Waals surface area contributed by atoms with Gasteiger partial charge < -0.3 is 10.8 Å². The van der Waals surface area contributed by atoms with E-state index in [1.165, 1.54) is 22.5 Å². The zero-order valence-corrected chi connectivity index (χ0v) is 12.8. The molecule has 21 heavy (non-hydrogen) atoms. The number of hydrogen-bond donors (Lipinski definition) is 2. The second kappa shape index (κ2) is 5.65. The molecule has 2 aromatic rings. The molecular weight excluding hydrogens is 288 g/mol. The van der Waals surface area contributed by atoms with Crippen molar-refractivity contribution in [2.45, 2.75) is 18.7 Å². The van der Waals surface area contributed by atoms with Gasteiger partial charge in [0.1, 0.15) is 5.75 Å². The van der Waals surface area contributed by atoms with Crippen molar-refractivity contribution in [2.75, 3.05) is 16.6 Å². The van der Waals surface area contributed by atoms with Crippen molar-refractivity contribution in [3.63, 3.8) is 0 Å². The lowest BCUT2D eigenvalue weighted by Gasteiger charge is -2.24. The molecule has 6 heteroatoms. The van der Waals surface area contributed by atoms with Crippen LogP contribution in [0.2, 0.25) is 0 Å². The summed E-state index contributed by atoms with van der Waals surface area (Å²) in [5.74, 6) is 0.0189. The van der Waals surface area contributed by atoms with E-state index < -0.39 is 10.0 Å². The van der Waals surface area contributed by atoms with E-state index in [2.05, 4.69) is 0 Å². The molecule has 0 aliphatic rings. The molecule has 0 saturated carbocycles. The molecule has 0 spiro atoms. The number of nitrogens with zero attached hydrogens (tertiary/aromatic N) is 1. The Labute approximate surface area is 124 Å². The van der Waals surface area contributed by atoms with Crippen LogP contribution in [0.5, 0.6) is 5.75 Å². The lowest BCUT2D eigenvalue weighted by molar-refractivity contribution is 0.475. The summed E-state index contributed by atoms with van der Waals surface area (Å²) in [5.41, 5.74) is 7.14. The number of aromatic hydroxyl groups is 1. The lowest BCUT2D eigenvalue weighted by Crippen LogP contribution is -2.31. The van der Waals surface area contributed by atoms with Crippen LogP contribution in [-0.4, -0.2) is 20.1 Å². The van der Waals surface area contributed by atoms with Crippen molar-refractivity contribution in [1.29, 1.82) is 0 Å². The van der Waals surface area contributed by atoms with Crippen molar-refractivity contribution in [3.8, 4) is 5.75 Å². The molecule has 0 aliphatic carbocycles. The van der Waals surface area contributed by atoms with Crippen molar-refractivity contribution < 1.29 is 13.5 Å². The zero-order chi connectivity index (χ0) is 15.6. The van der Waals surface area contributed by atoms with Gasteiger partial charge in [0.2, 0.25) is 0 Å². The molecule has 0 bridgehead atoms. The van der Waals surface area contributed by atoms with E-state index in [0.717, 1.165) is 0 Å². The SMILES string of the molecule is CCN(c1cccc(O)c1)S(=O)(=O)c1cc(N)ccc1C. The topological polar surface area (TPSA) is 83.6 Å². The summed E-state index contributed by atoms with van der Waals surface area (Å²) in [7, 11) is -3.73. The minimum atomic E-state index is -3.73. The Morgan fingerprint density at radius 3 is 2.52 bits per heavy atom. The van der Waals surface area contributed by atoms with E-state index >= 15 is 0 Å². The molecule has 0 aliphatic heterocycles. The molecule has 0 atom stereocenters. The highest BCUT2D eigenvalue weighted by atomic mass is 32.2. The maximum atomic E-state index is 12.8. The second-order valence-electron chi connectivity index (χ2n) is 4.71. The maximum absolute atomic E-state index is 12.8. The number of sulfonamides is 1. The first-order valence-corrected chi connectivity index (χ1v) is 7.98. The van der Waals surface area contributed by atoms with Crippen LogP contribution in [0.3, 0.4) is 0 Å². The van der Waals surface area contributed by atoms with E-state index in [9.17, 15) is 13.5 Å². The highest BCUT2D eigenvalue weighted by molar-refractivity contribution is 7.92. The number of rotatable bonds is 4. The minimum Gasteiger partial charge on any atom is -0.508 e. The molecule has 3 N–H and O–H groups in total. The molecule has 0 aromatic heterocycles. The van der Waals surface area contributed by atoms with E-state index in [4.69, 9.17) is 5.73 Å². The van der Waals surface area contributed by atoms with E-state index in [1.54, 1.807) is 38.1 Å². The van der Waals surface area contributed by atoms with Crippen LogP contribution < -0.4 is 10.0 Å². The number of phenols is 1. The summed E-state index contributed by atoms with van der Waals surface area (Å²) < 4.78 is 26.9. The van der Waals surface area contributed by atoms with Crippen LogP contribution in [-0.2, 0) is 10.0 Å². The Kier molecular flexibility index (Phi) is 4.09. The summed E-state index contributed by atoms with van der Waals surface area (Å²) >= 11 is 0. The maximum Gasteiger partial charge on any atom is 0.264 e. The van der Waals surface area contributed by atoms with E-state index in [-0.39, 0.29) is 17.2 Å². The van der Waals surface area contributed by atoms with Crippen molar-refractivity contribution in [1.82, 2.24) is 0 Å². The first kappa shape index (κ1) is 15.2. The van der Waals surface area contributed by atoms with Gasteiger partial charge in [-0.2, -0.15) is 0 Å². The van der Waals surface area contributed by atoms with Gasteiger partial charge in [-0.3, -0.25) is 4.31 Å². The molecule has 0 fully saturated rings. The number of nitrogen functional groups attached to an aromatic ring is 1. The monoisotopic (exact) mass is 306 g/mol. The Balaban J connectivity index is 2.57. The Bertz CT molecular complexity index is 757. The standard InChI is InChI=1S/C15H18N2O3S/c1-3-17(13-5-4-6-14(18)10-13)21(19,20)15-9-12(16)8-7-11(15)2/h4-10,18H,3,16H2,1-2H3. The van der Waals surface area contributed by atoms with Crippen LogP contribution in [0.4, 0.5) is 11.4 Å². The Hall–Kier alpha value is -2.21. The summed E-state index contributed by atoms with van der Waals surface area (Å²) in [5, 5.41) is 9.55. The van der Waals surface area contributed by atoms with Crippen LogP contribution in [0.1, 0.15) is 12.5 Å². The highest BCUT2D eigenvalue weighted by Gasteiger charge is 2.25. The molecule has 0 saturated heterocycles. The molecule has 5 nitrogen and oxygen atoms in total. The van der Waals surface area contributed by atoms with E-state index in [0.29, 0.717) is 16.9 Å². The summed E-state index contributed by atoms with van der Waals surface area (Å²) in [6, 6.07) is 11.0. The molecule has 2 aromatic carbocycles. The average molecular weight is 306 g/mol. The fourth-order valence-electron chi connectivity index (χ4n) is 2.15. The number of phenolic OH excluding ortho intramolecular Hbond substituents is 1. The number of benzene rings is 2. The summed E-state index contributed by atoms with van der Waals surface area (Å²) in [6.07, 6.45) is 0. The van der Waals surface area contributed by atoms with Gasteiger partial charge in [-0.1, -0.05) is 12.1 Å². The van der Waals surface area contributed by atoms with Crippen LogP contribution in [0.15, 0.2) is 47.4 Å². The van der Waals surface area contributed by atoms with Crippen molar-refractivity contribution in [2.24, 2.45) is 0 Å². The third-order valence-corrected chi connectivity index (χ3v) is 5.23. The van der Waals surface area contributed by atoms with Gasteiger partial charge in [-0.05, 0) is 43.7 Å². The Morgan fingerprint density at radius 2 is 1.90 bits per heavy atom.